The van der Waals surface area contributed by atoms with Gasteiger partial charge in [-0.1, -0.05) is 224 Å². The number of benzene rings is 9. The lowest BCUT2D eigenvalue weighted by Gasteiger charge is -2.35. The molecule has 0 atom stereocenters. The van der Waals surface area contributed by atoms with E-state index in [2.05, 4.69) is 231 Å². The van der Waals surface area contributed by atoms with Crippen LogP contribution in [-0.4, -0.2) is 9.97 Å². The number of rotatable bonds is 5. The number of fused-ring (bicyclic) bond motifs is 12. The zero-order valence-corrected chi connectivity index (χ0v) is 33.3. The van der Waals surface area contributed by atoms with Crippen LogP contribution in [0.2, 0.25) is 0 Å². The Morgan fingerprint density at radius 1 is 0.246 bits per heavy atom. The van der Waals surface area contributed by atoms with Crippen molar-refractivity contribution in [3.05, 3.63) is 253 Å². The van der Waals surface area contributed by atoms with Crippen LogP contribution in [0.3, 0.4) is 0 Å². The summed E-state index contributed by atoms with van der Waals surface area (Å²) in [6.07, 6.45) is 0. The van der Waals surface area contributed by atoms with Gasteiger partial charge in [-0.2, -0.15) is 0 Å². The van der Waals surface area contributed by atoms with Gasteiger partial charge in [0.1, 0.15) is 0 Å². The molecule has 284 valence electrons. The summed E-state index contributed by atoms with van der Waals surface area (Å²) in [6, 6.07) is 83.5. The molecule has 9 aromatic carbocycles. The molecule has 0 aliphatic heterocycles. The van der Waals surface area contributed by atoms with Crippen molar-refractivity contribution in [3.8, 4) is 89.5 Å². The van der Waals surface area contributed by atoms with Crippen LogP contribution in [0.15, 0.2) is 231 Å². The maximum absolute atomic E-state index is 5.52. The minimum atomic E-state index is -0.583. The van der Waals surface area contributed by atoms with E-state index in [-0.39, 0.29) is 0 Å². The van der Waals surface area contributed by atoms with E-state index in [0.717, 1.165) is 44.8 Å². The van der Waals surface area contributed by atoms with E-state index in [1.165, 1.54) is 61.2 Å². The molecule has 10 aromatic rings. The van der Waals surface area contributed by atoms with Crippen LogP contribution in [0.1, 0.15) is 22.3 Å². The Labute approximate surface area is 356 Å². The van der Waals surface area contributed by atoms with E-state index in [1.54, 1.807) is 0 Å². The van der Waals surface area contributed by atoms with Gasteiger partial charge in [-0.3, -0.25) is 0 Å². The van der Waals surface area contributed by atoms with Crippen LogP contribution in [0.25, 0.3) is 89.5 Å². The van der Waals surface area contributed by atoms with Gasteiger partial charge < -0.3 is 0 Å². The molecule has 0 bridgehead atoms. The van der Waals surface area contributed by atoms with Crippen molar-refractivity contribution < 1.29 is 0 Å². The van der Waals surface area contributed by atoms with E-state index >= 15 is 0 Å². The molecule has 2 heteroatoms. The summed E-state index contributed by atoms with van der Waals surface area (Å²) < 4.78 is 0. The highest BCUT2D eigenvalue weighted by Crippen LogP contribution is 2.62. The van der Waals surface area contributed by atoms with E-state index in [4.69, 9.17) is 9.97 Å². The highest BCUT2D eigenvalue weighted by atomic mass is 14.9. The van der Waals surface area contributed by atoms with Gasteiger partial charge in [-0.15, -0.1) is 0 Å². The smallest absolute Gasteiger partial charge is 0.160 e. The van der Waals surface area contributed by atoms with Crippen molar-refractivity contribution in [2.75, 3.05) is 0 Å². The Morgan fingerprint density at radius 3 is 1.25 bits per heavy atom. The third-order valence-electron chi connectivity index (χ3n) is 12.8. The first-order valence-corrected chi connectivity index (χ1v) is 21.0. The number of hydrogen-bond acceptors (Lipinski definition) is 2. The normalized spacial score (nSPS) is 12.7. The fourth-order valence-electron chi connectivity index (χ4n) is 10.2. The molecule has 0 amide bonds. The SMILES string of the molecule is c1ccc(-c2ccc(-c3nc(-c4ccccc4-c4ccccc4)cc(-c4cccc5c4-c4ccccc4C54c5ccccc5-c5ccccc5-c5ccccc54)n3)cc2)cc1. The number of hydrogen-bond donors (Lipinski definition) is 0. The highest BCUT2D eigenvalue weighted by Gasteiger charge is 2.50. The fraction of sp³-hybridized carbons (Fsp3) is 0.0169. The monoisotopic (exact) mass is 774 g/mol. The fourth-order valence-corrected chi connectivity index (χ4v) is 10.2. The van der Waals surface area contributed by atoms with Crippen molar-refractivity contribution in [1.29, 1.82) is 0 Å². The lowest BCUT2D eigenvalue weighted by atomic mass is 9.66. The van der Waals surface area contributed by atoms with Gasteiger partial charge in [-0.25, -0.2) is 9.97 Å². The van der Waals surface area contributed by atoms with Gasteiger partial charge in [0.05, 0.1) is 16.8 Å². The van der Waals surface area contributed by atoms with Crippen molar-refractivity contribution in [2.45, 2.75) is 5.41 Å². The highest BCUT2D eigenvalue weighted by molar-refractivity contribution is 6.01. The summed E-state index contributed by atoms with van der Waals surface area (Å²) in [5.74, 6) is 0.689. The molecule has 0 saturated heterocycles. The Hall–Kier alpha value is -7.94. The maximum Gasteiger partial charge on any atom is 0.160 e. The molecule has 61 heavy (non-hydrogen) atoms. The first kappa shape index (κ1) is 35.0. The van der Waals surface area contributed by atoms with Crippen molar-refractivity contribution in [2.24, 2.45) is 0 Å². The summed E-state index contributed by atoms with van der Waals surface area (Å²) in [5, 5.41) is 0. The summed E-state index contributed by atoms with van der Waals surface area (Å²) in [7, 11) is 0. The number of nitrogens with zero attached hydrogens (tertiary/aromatic N) is 2. The second-order valence-corrected chi connectivity index (χ2v) is 16.0. The van der Waals surface area contributed by atoms with Crippen LogP contribution >= 0.6 is 0 Å². The topological polar surface area (TPSA) is 25.8 Å². The predicted molar refractivity (Wildman–Crippen MR) is 251 cm³/mol. The quantitative estimate of drug-likeness (QED) is 0.174. The summed E-state index contributed by atoms with van der Waals surface area (Å²) >= 11 is 0. The first-order valence-electron chi connectivity index (χ1n) is 21.0. The first-order chi connectivity index (χ1) is 30.3. The van der Waals surface area contributed by atoms with E-state index in [0.29, 0.717) is 5.82 Å². The van der Waals surface area contributed by atoms with Crippen molar-refractivity contribution in [3.63, 3.8) is 0 Å². The molecule has 0 radical (unpaired) electrons. The van der Waals surface area contributed by atoms with E-state index < -0.39 is 5.41 Å². The number of aromatic nitrogens is 2. The Morgan fingerprint density at radius 2 is 0.639 bits per heavy atom. The molecule has 0 fully saturated rings. The van der Waals surface area contributed by atoms with Crippen molar-refractivity contribution >= 4 is 0 Å². The van der Waals surface area contributed by atoms with Crippen LogP contribution in [0.5, 0.6) is 0 Å². The van der Waals surface area contributed by atoms with Gasteiger partial charge in [0, 0.05) is 16.7 Å². The van der Waals surface area contributed by atoms with Gasteiger partial charge >= 0.3 is 0 Å². The third kappa shape index (κ3) is 5.43. The summed E-state index contributed by atoms with van der Waals surface area (Å²) in [4.78, 5) is 10.9. The summed E-state index contributed by atoms with van der Waals surface area (Å²) in [6.45, 7) is 0. The minimum absolute atomic E-state index is 0.583. The molecule has 1 spiro atoms. The summed E-state index contributed by atoms with van der Waals surface area (Å²) in [5.41, 5.74) is 21.5. The maximum atomic E-state index is 5.52. The molecule has 12 rings (SSSR count). The van der Waals surface area contributed by atoms with Gasteiger partial charge in [0.15, 0.2) is 5.82 Å². The Bertz CT molecular complexity index is 3230. The van der Waals surface area contributed by atoms with Gasteiger partial charge in [0.25, 0.3) is 0 Å². The van der Waals surface area contributed by atoms with Crippen LogP contribution in [0, 0.1) is 0 Å². The zero-order chi connectivity index (χ0) is 40.3. The minimum Gasteiger partial charge on any atom is -0.228 e. The molecular weight excluding hydrogens is 737 g/mol. The van der Waals surface area contributed by atoms with Crippen molar-refractivity contribution in [1.82, 2.24) is 9.97 Å². The van der Waals surface area contributed by atoms with Gasteiger partial charge in [-0.05, 0) is 84.0 Å². The second-order valence-electron chi connectivity index (χ2n) is 16.0. The molecule has 2 aliphatic rings. The van der Waals surface area contributed by atoms with Crippen LogP contribution in [-0.2, 0) is 5.41 Å². The van der Waals surface area contributed by atoms with E-state index in [9.17, 15) is 0 Å². The average Bonchev–Trinajstić information content (AvgIpc) is 3.59. The zero-order valence-electron chi connectivity index (χ0n) is 33.3. The molecule has 2 nitrogen and oxygen atoms in total. The Balaban J connectivity index is 1.14. The predicted octanol–water partition coefficient (Wildman–Crippen LogP) is 14.8. The second kappa shape index (κ2) is 14.1. The van der Waals surface area contributed by atoms with E-state index in [1.807, 2.05) is 0 Å². The van der Waals surface area contributed by atoms with Crippen LogP contribution < -0.4 is 0 Å². The lowest BCUT2D eigenvalue weighted by molar-refractivity contribution is 0.775. The molecule has 0 unspecified atom stereocenters. The lowest BCUT2D eigenvalue weighted by Crippen LogP contribution is -2.29. The molecule has 2 aliphatic carbocycles. The van der Waals surface area contributed by atoms with Gasteiger partial charge in [0.2, 0.25) is 0 Å². The average molecular weight is 775 g/mol. The third-order valence-corrected chi connectivity index (χ3v) is 12.8. The molecule has 0 N–H and O–H groups in total. The molecule has 1 heterocycles. The molecule has 1 aromatic heterocycles. The largest absolute Gasteiger partial charge is 0.228 e. The van der Waals surface area contributed by atoms with Crippen LogP contribution in [0.4, 0.5) is 0 Å². The standard InChI is InChI=1S/C59H38N2/c1-3-18-39(19-4-1)40-34-36-42(37-35-40)58-60-55(48-27-10-7-22-43(48)41-20-5-2-6-21-41)38-56(61-58)50-29-17-33-54-57(50)49-28-13-16-32-53(49)59(54)51-30-14-11-25-46(51)44-23-8-9-24-45(44)47-26-12-15-31-52(47)59/h1-38H. The molecule has 0 saturated carbocycles. The Kier molecular flexibility index (Phi) is 8.11. The molecular formula is C59H38N2.